The molecule has 33 heavy (non-hydrogen) atoms. The maximum Gasteiger partial charge on any atom is 0.255 e. The second-order valence-electron chi connectivity index (χ2n) is 8.96. The van der Waals surface area contributed by atoms with Crippen LogP contribution in [-0.2, 0) is 6.42 Å². The smallest absolute Gasteiger partial charge is 0.255 e. The Kier molecular flexibility index (Phi) is 6.27. The van der Waals surface area contributed by atoms with Crippen molar-refractivity contribution >= 4 is 17.7 Å². The summed E-state index contributed by atoms with van der Waals surface area (Å²) >= 11 is 0. The van der Waals surface area contributed by atoms with Crippen molar-refractivity contribution in [1.29, 1.82) is 0 Å². The summed E-state index contributed by atoms with van der Waals surface area (Å²) in [5.41, 5.74) is 7.80. The fourth-order valence-electron chi connectivity index (χ4n) is 4.78. The molecular weight excluding hydrogens is 408 g/mol. The van der Waals surface area contributed by atoms with Crippen molar-refractivity contribution in [3.63, 3.8) is 0 Å². The van der Waals surface area contributed by atoms with E-state index in [2.05, 4.69) is 28.4 Å². The van der Waals surface area contributed by atoms with Gasteiger partial charge in [0.2, 0.25) is 0 Å². The normalized spacial score (nSPS) is 15.6. The van der Waals surface area contributed by atoms with Gasteiger partial charge in [-0.25, -0.2) is 0 Å². The molecule has 1 aliphatic heterocycles. The molecule has 1 N–H and O–H groups in total. The molecule has 0 unspecified atom stereocenters. The van der Waals surface area contributed by atoms with E-state index in [4.69, 9.17) is 4.74 Å². The number of nitrogens with one attached hydrogen (secondary N) is 1. The summed E-state index contributed by atoms with van der Waals surface area (Å²) in [6.45, 7) is 3.57. The predicted octanol–water partition coefficient (Wildman–Crippen LogP) is 6.04. The van der Waals surface area contributed by atoms with E-state index >= 15 is 0 Å². The molecule has 3 aromatic carbocycles. The van der Waals surface area contributed by atoms with Crippen LogP contribution in [0, 0.1) is 0 Å². The van der Waals surface area contributed by atoms with Gasteiger partial charge < -0.3 is 10.1 Å². The Bertz CT molecular complexity index is 1160. The molecule has 0 atom stereocenters. The first-order chi connectivity index (χ1) is 16.2. The quantitative estimate of drug-likeness (QED) is 0.510. The molecule has 2 aliphatic rings. The minimum Gasteiger partial charge on any atom is -0.497 e. The zero-order valence-electron chi connectivity index (χ0n) is 19.1. The van der Waals surface area contributed by atoms with Crippen LogP contribution in [0.4, 0.5) is 5.69 Å². The van der Waals surface area contributed by atoms with Gasteiger partial charge in [-0.1, -0.05) is 42.0 Å². The Labute approximate surface area is 195 Å². The van der Waals surface area contributed by atoms with Gasteiger partial charge in [-0.15, -0.1) is 0 Å². The summed E-state index contributed by atoms with van der Waals surface area (Å²) in [6.07, 6.45) is 7.15. The maximum atomic E-state index is 12.8. The molecule has 168 valence electrons. The SMILES string of the molecule is COc1ccc(-c2ccc(C(=O)Nc3ccc4c(c3)CCC(CN3CCCC3)=C4)cc2)cc1. The summed E-state index contributed by atoms with van der Waals surface area (Å²) in [4.78, 5) is 15.4. The Morgan fingerprint density at radius 1 is 0.909 bits per heavy atom. The number of methoxy groups -OCH3 is 1. The van der Waals surface area contributed by atoms with E-state index in [1.807, 2.05) is 54.6 Å². The molecule has 0 aromatic heterocycles. The average Bonchev–Trinajstić information content (AvgIpc) is 3.37. The summed E-state index contributed by atoms with van der Waals surface area (Å²) < 4.78 is 5.22. The monoisotopic (exact) mass is 438 g/mol. The van der Waals surface area contributed by atoms with Crippen molar-refractivity contribution < 1.29 is 9.53 Å². The molecule has 1 aliphatic carbocycles. The Morgan fingerprint density at radius 3 is 2.30 bits per heavy atom. The van der Waals surface area contributed by atoms with E-state index in [0.29, 0.717) is 5.56 Å². The van der Waals surface area contributed by atoms with Crippen molar-refractivity contribution in [2.24, 2.45) is 0 Å². The number of benzene rings is 3. The molecule has 1 fully saturated rings. The number of carbonyl (C=O) groups is 1. The van der Waals surface area contributed by atoms with E-state index in [1.165, 1.54) is 42.6 Å². The van der Waals surface area contributed by atoms with Crippen LogP contribution < -0.4 is 10.1 Å². The standard InChI is InChI=1S/C29H30N2O2/c1-33-28-14-11-23(12-15-28)22-6-8-24(9-7-22)29(32)30-27-13-10-25-18-21(4-5-26(25)19-27)20-31-16-2-3-17-31/h6-15,18-19H,2-5,16-17,20H2,1H3,(H,30,32). The summed E-state index contributed by atoms with van der Waals surface area (Å²) in [5, 5.41) is 3.07. The number of rotatable bonds is 6. The van der Waals surface area contributed by atoms with Crippen molar-refractivity contribution in [1.82, 2.24) is 4.90 Å². The average molecular weight is 439 g/mol. The number of likely N-dealkylation sites (tertiary alicyclic amines) is 1. The number of ether oxygens (including phenoxy) is 1. The fraction of sp³-hybridized carbons (Fsp3) is 0.276. The zero-order chi connectivity index (χ0) is 22.6. The number of hydrogen-bond donors (Lipinski definition) is 1. The van der Waals surface area contributed by atoms with Gasteiger partial charge in [-0.3, -0.25) is 9.69 Å². The van der Waals surface area contributed by atoms with Crippen molar-refractivity contribution in [3.8, 4) is 16.9 Å². The highest BCUT2D eigenvalue weighted by Gasteiger charge is 2.17. The molecule has 0 saturated carbocycles. The lowest BCUT2D eigenvalue weighted by Gasteiger charge is -2.22. The topological polar surface area (TPSA) is 41.6 Å². The highest BCUT2D eigenvalue weighted by atomic mass is 16.5. The zero-order valence-corrected chi connectivity index (χ0v) is 19.1. The van der Waals surface area contributed by atoms with E-state index in [-0.39, 0.29) is 5.91 Å². The van der Waals surface area contributed by atoms with Crippen LogP contribution in [0.15, 0.2) is 72.3 Å². The third-order valence-corrected chi connectivity index (χ3v) is 6.67. The number of nitrogens with zero attached hydrogens (tertiary/aromatic N) is 1. The number of amides is 1. The largest absolute Gasteiger partial charge is 0.497 e. The first-order valence-electron chi connectivity index (χ1n) is 11.8. The van der Waals surface area contributed by atoms with Crippen molar-refractivity contribution in [2.75, 3.05) is 32.1 Å². The number of carbonyl (C=O) groups excluding carboxylic acids is 1. The van der Waals surface area contributed by atoms with E-state index in [9.17, 15) is 4.79 Å². The second-order valence-corrected chi connectivity index (χ2v) is 8.96. The van der Waals surface area contributed by atoms with Gasteiger partial charge in [-0.05, 0) is 97.4 Å². The van der Waals surface area contributed by atoms with Gasteiger partial charge in [0.25, 0.3) is 5.91 Å². The first kappa shape index (κ1) is 21.5. The lowest BCUT2D eigenvalue weighted by atomic mass is 9.91. The summed E-state index contributed by atoms with van der Waals surface area (Å²) in [5.74, 6) is 0.746. The van der Waals surface area contributed by atoms with Crippen LogP contribution in [-0.4, -0.2) is 37.6 Å². The van der Waals surface area contributed by atoms with Gasteiger partial charge in [-0.2, -0.15) is 0 Å². The first-order valence-corrected chi connectivity index (χ1v) is 11.8. The van der Waals surface area contributed by atoms with E-state index in [1.54, 1.807) is 7.11 Å². The van der Waals surface area contributed by atoms with Gasteiger partial charge in [0.05, 0.1) is 7.11 Å². The van der Waals surface area contributed by atoms with Crippen LogP contribution in [0.1, 0.15) is 40.7 Å². The molecule has 5 rings (SSSR count). The number of anilines is 1. The van der Waals surface area contributed by atoms with E-state index in [0.717, 1.165) is 42.0 Å². The number of hydrogen-bond acceptors (Lipinski definition) is 3. The molecule has 4 heteroatoms. The fourth-order valence-corrected chi connectivity index (χ4v) is 4.78. The highest BCUT2D eigenvalue weighted by molar-refractivity contribution is 6.04. The Hall–Kier alpha value is -3.37. The lowest BCUT2D eigenvalue weighted by molar-refractivity contribution is 0.102. The van der Waals surface area contributed by atoms with Crippen molar-refractivity contribution in [2.45, 2.75) is 25.7 Å². The van der Waals surface area contributed by atoms with Crippen LogP contribution in [0.5, 0.6) is 5.75 Å². The highest BCUT2D eigenvalue weighted by Crippen LogP contribution is 2.28. The molecule has 1 saturated heterocycles. The van der Waals surface area contributed by atoms with Crippen LogP contribution in [0.3, 0.4) is 0 Å². The number of fused-ring (bicyclic) bond motifs is 1. The molecular formula is C29H30N2O2. The lowest BCUT2D eigenvalue weighted by Crippen LogP contribution is -2.23. The Morgan fingerprint density at radius 2 is 1.61 bits per heavy atom. The van der Waals surface area contributed by atoms with Crippen molar-refractivity contribution in [3.05, 3.63) is 89.0 Å². The third-order valence-electron chi connectivity index (χ3n) is 6.67. The van der Waals surface area contributed by atoms with Gasteiger partial charge in [0.1, 0.15) is 5.75 Å². The van der Waals surface area contributed by atoms with Gasteiger partial charge in [0.15, 0.2) is 0 Å². The molecule has 1 amide bonds. The van der Waals surface area contributed by atoms with E-state index < -0.39 is 0 Å². The molecule has 1 heterocycles. The molecule has 3 aromatic rings. The summed E-state index contributed by atoms with van der Waals surface area (Å²) in [6, 6.07) is 21.9. The number of aryl methyl sites for hydroxylation is 1. The summed E-state index contributed by atoms with van der Waals surface area (Å²) in [7, 11) is 1.66. The third kappa shape index (κ3) is 5.01. The van der Waals surface area contributed by atoms with Gasteiger partial charge >= 0.3 is 0 Å². The molecule has 0 spiro atoms. The molecule has 0 bridgehead atoms. The predicted molar refractivity (Wildman–Crippen MR) is 135 cm³/mol. The molecule has 4 nitrogen and oxygen atoms in total. The minimum absolute atomic E-state index is 0.0858. The second kappa shape index (κ2) is 9.63. The van der Waals surface area contributed by atoms with Crippen LogP contribution >= 0.6 is 0 Å². The molecule has 0 radical (unpaired) electrons. The van der Waals surface area contributed by atoms with Crippen LogP contribution in [0.2, 0.25) is 0 Å². The van der Waals surface area contributed by atoms with Crippen LogP contribution in [0.25, 0.3) is 17.2 Å². The maximum absolute atomic E-state index is 12.8. The van der Waals surface area contributed by atoms with Gasteiger partial charge in [0, 0.05) is 17.8 Å². The Balaban J connectivity index is 1.24. The minimum atomic E-state index is -0.0858.